The Morgan fingerprint density at radius 3 is 2.12 bits per heavy atom. The highest BCUT2D eigenvalue weighted by molar-refractivity contribution is 8.76. The number of allylic oxidation sites excluding steroid dienone is 1. The van der Waals surface area contributed by atoms with Gasteiger partial charge in [-0.3, -0.25) is 19.2 Å². The SMILES string of the molecule is CC(C)CC1CC(=O)[C@H]2N=C(O[C@@H]2C)[C@H]2CSSC[C@@H](NC(=O)c3csc1n3)C1=NC(C(=O)N[C@H](CC(C)C)C3=NC(=CC3)C(=O)N2)[C@@H](C)O1. The zero-order valence-corrected chi connectivity index (χ0v) is 31.6. The van der Waals surface area contributed by atoms with Crippen LogP contribution >= 0.6 is 32.9 Å². The van der Waals surface area contributed by atoms with Gasteiger partial charge in [0.15, 0.2) is 11.8 Å². The van der Waals surface area contributed by atoms with E-state index in [0.717, 1.165) is 0 Å². The Labute approximate surface area is 304 Å². The zero-order valence-electron chi connectivity index (χ0n) is 29.1. The largest absolute Gasteiger partial charge is 0.474 e. The topological polar surface area (TPSA) is 173 Å². The predicted molar refractivity (Wildman–Crippen MR) is 197 cm³/mol. The number of hydrogen-bond acceptors (Lipinski definition) is 13. The first-order valence-corrected chi connectivity index (χ1v) is 20.6. The van der Waals surface area contributed by atoms with Crippen LogP contribution in [0.4, 0.5) is 0 Å². The molecule has 0 aromatic carbocycles. The molecule has 0 spiro atoms. The van der Waals surface area contributed by atoms with Crippen molar-refractivity contribution in [3.05, 3.63) is 27.9 Å². The van der Waals surface area contributed by atoms with Crippen molar-refractivity contribution < 1.29 is 28.7 Å². The Hall–Kier alpha value is -3.24. The molecule has 8 atom stereocenters. The number of rotatable bonds is 4. The molecule has 6 heterocycles. The number of nitrogens with one attached hydrogen (secondary N) is 3. The van der Waals surface area contributed by atoms with E-state index in [9.17, 15) is 19.2 Å². The molecule has 6 rings (SSSR count). The number of thiazole rings is 1. The maximum atomic E-state index is 13.8. The van der Waals surface area contributed by atoms with Gasteiger partial charge in [0.25, 0.3) is 11.8 Å². The number of carbonyl (C=O) groups excluding carboxylic acids is 4. The maximum absolute atomic E-state index is 13.8. The second-order valence-corrected chi connectivity index (χ2v) is 17.7. The summed E-state index contributed by atoms with van der Waals surface area (Å²) in [4.78, 5) is 73.8. The highest BCUT2D eigenvalue weighted by Gasteiger charge is 2.41. The third-order valence-electron chi connectivity index (χ3n) is 9.13. The lowest BCUT2D eigenvalue weighted by Gasteiger charge is -2.23. The number of ether oxygens (including phenoxy) is 2. The summed E-state index contributed by atoms with van der Waals surface area (Å²) < 4.78 is 12.4. The fourth-order valence-electron chi connectivity index (χ4n) is 6.65. The first-order chi connectivity index (χ1) is 23.9. The van der Waals surface area contributed by atoms with E-state index in [4.69, 9.17) is 29.4 Å². The van der Waals surface area contributed by atoms with Crippen molar-refractivity contribution in [2.24, 2.45) is 26.8 Å². The van der Waals surface area contributed by atoms with Crippen LogP contribution in [0.3, 0.4) is 0 Å². The highest BCUT2D eigenvalue weighted by Crippen LogP contribution is 2.33. The van der Waals surface area contributed by atoms with Crippen molar-refractivity contribution in [1.82, 2.24) is 20.9 Å². The van der Waals surface area contributed by atoms with Gasteiger partial charge in [-0.15, -0.1) is 11.3 Å². The summed E-state index contributed by atoms with van der Waals surface area (Å²) in [5.41, 5.74) is 1.19. The van der Waals surface area contributed by atoms with Crippen molar-refractivity contribution in [1.29, 1.82) is 0 Å². The molecular weight excluding hydrogens is 699 g/mol. The van der Waals surface area contributed by atoms with Gasteiger partial charge in [0, 0.05) is 41.4 Å². The summed E-state index contributed by atoms with van der Waals surface area (Å²) in [5.74, 6) is 0.434. The van der Waals surface area contributed by atoms with Crippen molar-refractivity contribution in [3.63, 3.8) is 0 Å². The third kappa shape index (κ3) is 8.28. The number of aromatic nitrogens is 1. The van der Waals surface area contributed by atoms with Gasteiger partial charge in [-0.25, -0.2) is 20.0 Å². The Balaban J connectivity index is 1.41. The lowest BCUT2D eigenvalue weighted by atomic mass is 9.90. The van der Waals surface area contributed by atoms with Crippen LogP contribution in [0.25, 0.3) is 0 Å². The van der Waals surface area contributed by atoms with Gasteiger partial charge in [-0.05, 0) is 44.6 Å². The average Bonchev–Trinajstić information content (AvgIpc) is 3.86. The lowest BCUT2D eigenvalue weighted by molar-refractivity contribution is -0.124. The van der Waals surface area contributed by atoms with Gasteiger partial charge in [0.1, 0.15) is 41.7 Å². The Kier molecular flexibility index (Phi) is 11.4. The molecule has 0 fully saturated rings. The maximum Gasteiger partial charge on any atom is 0.271 e. The van der Waals surface area contributed by atoms with Crippen LogP contribution < -0.4 is 16.0 Å². The predicted octanol–water partition coefficient (Wildman–Crippen LogP) is 3.85. The summed E-state index contributed by atoms with van der Waals surface area (Å²) in [6, 6.07) is -3.29. The van der Waals surface area contributed by atoms with Gasteiger partial charge in [0.05, 0.1) is 11.0 Å². The molecule has 1 aromatic rings. The molecule has 270 valence electrons. The Morgan fingerprint density at radius 2 is 1.46 bits per heavy atom. The highest BCUT2D eigenvalue weighted by atomic mass is 33.1. The molecule has 5 aliphatic heterocycles. The molecule has 16 heteroatoms. The van der Waals surface area contributed by atoms with Crippen molar-refractivity contribution >= 4 is 73.9 Å². The van der Waals surface area contributed by atoms with E-state index in [0.29, 0.717) is 47.4 Å². The van der Waals surface area contributed by atoms with Gasteiger partial charge in [-0.2, -0.15) is 0 Å². The minimum absolute atomic E-state index is 0.0728. The molecule has 0 aliphatic carbocycles. The smallest absolute Gasteiger partial charge is 0.271 e. The number of Topliss-reactive ketones (excluding diaryl/α,β-unsaturated/α-hetero) is 1. The molecule has 3 N–H and O–H groups in total. The lowest BCUT2D eigenvalue weighted by Crippen LogP contribution is -2.47. The number of carbonyl (C=O) groups is 4. The standard InChI is InChI=1S/C34H45N7O6S3/c1-15(2)9-19-11-26(42)27-17(5)46-32(40-27)24-13-49-50-14-25(38-30(44)23-12-48-34(19)39-23)33-41-28(18(6)47-33)31(45)36-22(10-16(3)4)20-7-8-21(35-20)29(43)37-24/h8,12,15-19,22,24-25,27-28H,7,9-11,13-14H2,1-6H3,(H,36,45)(H,37,43)(H,38,44)/t17-,18-,19?,22-,24-,25-,27+,28?/m1/s1. The van der Waals surface area contributed by atoms with Gasteiger partial charge in [-0.1, -0.05) is 49.3 Å². The van der Waals surface area contributed by atoms with Crippen LogP contribution in [0.1, 0.15) is 88.6 Å². The van der Waals surface area contributed by atoms with Crippen LogP contribution in [0.15, 0.2) is 32.1 Å². The molecule has 0 saturated carbocycles. The average molecular weight is 744 g/mol. The monoisotopic (exact) mass is 743 g/mol. The number of ketones is 1. The zero-order chi connectivity index (χ0) is 35.7. The number of aliphatic imine (C=N–C) groups is 3. The van der Waals surface area contributed by atoms with Crippen LogP contribution in [0, 0.1) is 11.8 Å². The normalized spacial score (nSPS) is 32.1. The molecule has 2 unspecified atom stereocenters. The second kappa shape index (κ2) is 15.6. The molecule has 3 amide bonds. The summed E-state index contributed by atoms with van der Waals surface area (Å²) >= 11 is 1.36. The van der Waals surface area contributed by atoms with E-state index in [1.165, 1.54) is 32.9 Å². The molecule has 0 radical (unpaired) electrons. The van der Waals surface area contributed by atoms with Crippen molar-refractivity contribution in [2.45, 2.75) is 116 Å². The van der Waals surface area contributed by atoms with Gasteiger partial charge in [0.2, 0.25) is 17.7 Å². The Morgan fingerprint density at radius 1 is 0.840 bits per heavy atom. The van der Waals surface area contributed by atoms with Crippen LogP contribution in [0.2, 0.25) is 0 Å². The van der Waals surface area contributed by atoms with E-state index < -0.39 is 48.3 Å². The van der Waals surface area contributed by atoms with Crippen molar-refractivity contribution in [2.75, 3.05) is 11.5 Å². The molecule has 50 heavy (non-hydrogen) atoms. The molecule has 0 saturated heterocycles. The fraction of sp³-hybridized carbons (Fsp3) is 0.647. The minimum atomic E-state index is -0.830. The summed E-state index contributed by atoms with van der Waals surface area (Å²) in [5, 5.41) is 11.7. The summed E-state index contributed by atoms with van der Waals surface area (Å²) in [6.45, 7) is 11.9. The van der Waals surface area contributed by atoms with Gasteiger partial charge >= 0.3 is 0 Å². The quantitative estimate of drug-likeness (QED) is 0.388. The Bertz CT molecular complexity index is 1640. The fourth-order valence-corrected chi connectivity index (χ4v) is 9.88. The van der Waals surface area contributed by atoms with Gasteiger partial charge < -0.3 is 25.4 Å². The molecule has 10 bridgehead atoms. The summed E-state index contributed by atoms with van der Waals surface area (Å²) in [6.07, 6.45) is 2.62. The van der Waals surface area contributed by atoms with E-state index in [1.54, 1.807) is 18.4 Å². The molecule has 5 aliphatic rings. The molecule has 1 aromatic heterocycles. The second-order valence-electron chi connectivity index (χ2n) is 14.2. The van der Waals surface area contributed by atoms with Crippen LogP contribution in [0.5, 0.6) is 0 Å². The van der Waals surface area contributed by atoms with Crippen LogP contribution in [-0.2, 0) is 23.9 Å². The van der Waals surface area contributed by atoms with E-state index in [2.05, 4.69) is 43.6 Å². The molecule has 13 nitrogen and oxygen atoms in total. The van der Waals surface area contributed by atoms with Crippen molar-refractivity contribution in [3.8, 4) is 0 Å². The van der Waals surface area contributed by atoms with Crippen LogP contribution in [-0.4, -0.2) is 99.9 Å². The van der Waals surface area contributed by atoms with E-state index in [-0.39, 0.29) is 59.1 Å². The third-order valence-corrected chi connectivity index (χ3v) is 12.6. The van der Waals surface area contributed by atoms with E-state index >= 15 is 0 Å². The van der Waals surface area contributed by atoms with E-state index in [1.807, 2.05) is 6.92 Å². The number of amides is 3. The number of fused-ring (bicyclic) bond motifs is 12. The number of nitrogens with zero attached hydrogens (tertiary/aromatic N) is 4. The summed E-state index contributed by atoms with van der Waals surface area (Å²) in [7, 11) is 2.90. The first kappa shape index (κ1) is 36.5. The molecular formula is C34H45N7O6S3. The minimum Gasteiger partial charge on any atom is -0.474 e. The first-order valence-electron chi connectivity index (χ1n) is 17.3. The number of hydrogen-bond donors (Lipinski definition) is 3.